The molecule has 2 aromatic rings. The molecular formula is C22H24N2O3. The normalized spacial score (nSPS) is 21.3. The third-order valence-corrected chi connectivity index (χ3v) is 5.44. The molecule has 1 atom stereocenters. The lowest BCUT2D eigenvalue weighted by molar-refractivity contribution is -0.132. The predicted octanol–water partition coefficient (Wildman–Crippen LogP) is 3.55. The molecule has 140 valence electrons. The van der Waals surface area contributed by atoms with Crippen LogP contribution in [0.15, 0.2) is 48.5 Å². The summed E-state index contributed by atoms with van der Waals surface area (Å²) in [5.41, 5.74) is 2.36. The van der Waals surface area contributed by atoms with E-state index in [9.17, 15) is 9.59 Å². The van der Waals surface area contributed by atoms with E-state index < -0.39 is 5.54 Å². The Morgan fingerprint density at radius 3 is 2.85 bits per heavy atom. The summed E-state index contributed by atoms with van der Waals surface area (Å²) in [4.78, 5) is 27.0. The van der Waals surface area contributed by atoms with E-state index in [1.165, 1.54) is 4.90 Å². The number of carbonyl (C=O) groups excluding carboxylic acids is 2. The maximum absolute atomic E-state index is 13.2. The molecule has 0 bridgehead atoms. The van der Waals surface area contributed by atoms with Crippen LogP contribution in [0.5, 0.6) is 5.75 Å². The minimum absolute atomic E-state index is 0.129. The quantitative estimate of drug-likeness (QED) is 0.652. The van der Waals surface area contributed by atoms with Gasteiger partial charge in [-0.1, -0.05) is 36.4 Å². The van der Waals surface area contributed by atoms with E-state index in [2.05, 4.69) is 5.32 Å². The average molecular weight is 364 g/mol. The van der Waals surface area contributed by atoms with Gasteiger partial charge in [-0.2, -0.15) is 0 Å². The molecule has 1 spiro atoms. The van der Waals surface area contributed by atoms with Crippen LogP contribution in [0.2, 0.25) is 0 Å². The molecule has 1 unspecified atom stereocenters. The van der Waals surface area contributed by atoms with Gasteiger partial charge in [0.1, 0.15) is 11.3 Å². The van der Waals surface area contributed by atoms with Gasteiger partial charge in [-0.15, -0.1) is 0 Å². The summed E-state index contributed by atoms with van der Waals surface area (Å²) in [7, 11) is 0. The monoisotopic (exact) mass is 364 g/mol. The molecule has 4 rings (SSSR count). The second-order valence-corrected chi connectivity index (χ2v) is 7.32. The highest BCUT2D eigenvalue weighted by molar-refractivity contribution is 6.07. The minimum atomic E-state index is -0.886. The van der Waals surface area contributed by atoms with E-state index in [4.69, 9.17) is 4.74 Å². The van der Waals surface area contributed by atoms with Crippen molar-refractivity contribution in [3.63, 3.8) is 0 Å². The van der Waals surface area contributed by atoms with E-state index in [-0.39, 0.29) is 11.9 Å². The number of benzene rings is 2. The number of imide groups is 1. The zero-order valence-electron chi connectivity index (χ0n) is 15.5. The molecule has 1 aliphatic carbocycles. The standard InChI is InChI=1S/C22H24N2O3/c1-16-7-4-10-18(15-16)27-14-6-13-24-20(25)22(23-21(24)26)12-5-9-17-8-2-3-11-19(17)22/h2-4,7-8,10-11,15H,5-6,9,12-14H2,1H3,(H,23,26). The summed E-state index contributed by atoms with van der Waals surface area (Å²) >= 11 is 0. The van der Waals surface area contributed by atoms with Crippen LogP contribution in [0.3, 0.4) is 0 Å². The van der Waals surface area contributed by atoms with Gasteiger partial charge in [0.15, 0.2) is 0 Å². The van der Waals surface area contributed by atoms with Crippen LogP contribution >= 0.6 is 0 Å². The maximum atomic E-state index is 13.2. The smallest absolute Gasteiger partial charge is 0.325 e. The van der Waals surface area contributed by atoms with Gasteiger partial charge in [0.25, 0.3) is 5.91 Å². The number of amides is 3. The molecule has 2 aromatic carbocycles. The van der Waals surface area contributed by atoms with Crippen LogP contribution < -0.4 is 10.1 Å². The Bertz CT molecular complexity index is 879. The van der Waals surface area contributed by atoms with Crippen LogP contribution in [0.25, 0.3) is 0 Å². The second-order valence-electron chi connectivity index (χ2n) is 7.32. The van der Waals surface area contributed by atoms with E-state index >= 15 is 0 Å². The number of carbonyl (C=O) groups is 2. The van der Waals surface area contributed by atoms with Crippen LogP contribution in [-0.2, 0) is 16.8 Å². The molecule has 2 aliphatic rings. The fourth-order valence-corrected chi connectivity index (χ4v) is 4.13. The largest absolute Gasteiger partial charge is 0.494 e. The Morgan fingerprint density at radius 2 is 2.00 bits per heavy atom. The van der Waals surface area contributed by atoms with Crippen molar-refractivity contribution in [2.45, 2.75) is 38.1 Å². The van der Waals surface area contributed by atoms with Gasteiger partial charge in [-0.25, -0.2) is 4.79 Å². The number of hydrogen-bond donors (Lipinski definition) is 1. The third kappa shape index (κ3) is 3.18. The lowest BCUT2D eigenvalue weighted by atomic mass is 9.76. The van der Waals surface area contributed by atoms with Crippen molar-refractivity contribution in [2.24, 2.45) is 0 Å². The number of rotatable bonds is 5. The molecule has 1 fully saturated rings. The molecule has 27 heavy (non-hydrogen) atoms. The number of urea groups is 1. The zero-order chi connectivity index (χ0) is 18.9. The molecule has 3 amide bonds. The van der Waals surface area contributed by atoms with Gasteiger partial charge in [0, 0.05) is 6.54 Å². The zero-order valence-corrected chi connectivity index (χ0v) is 15.5. The molecule has 1 N–H and O–H groups in total. The van der Waals surface area contributed by atoms with Crippen molar-refractivity contribution in [1.82, 2.24) is 10.2 Å². The summed E-state index contributed by atoms with van der Waals surface area (Å²) in [6, 6.07) is 15.5. The molecule has 0 saturated carbocycles. The fraction of sp³-hybridized carbons (Fsp3) is 0.364. The first-order valence-corrected chi connectivity index (χ1v) is 9.52. The second kappa shape index (κ2) is 7.06. The summed E-state index contributed by atoms with van der Waals surface area (Å²) in [5, 5.41) is 2.99. The van der Waals surface area contributed by atoms with E-state index in [0.717, 1.165) is 35.3 Å². The lowest BCUT2D eigenvalue weighted by Crippen LogP contribution is -2.46. The topological polar surface area (TPSA) is 58.6 Å². The number of aryl methyl sites for hydroxylation is 2. The van der Waals surface area contributed by atoms with Crippen LogP contribution in [0.1, 0.15) is 36.0 Å². The maximum Gasteiger partial charge on any atom is 0.325 e. The van der Waals surface area contributed by atoms with Gasteiger partial charge >= 0.3 is 6.03 Å². The Hall–Kier alpha value is -2.82. The molecule has 5 heteroatoms. The highest BCUT2D eigenvalue weighted by atomic mass is 16.5. The summed E-state index contributed by atoms with van der Waals surface area (Å²) in [6.07, 6.45) is 3.11. The Morgan fingerprint density at radius 1 is 1.15 bits per heavy atom. The molecule has 5 nitrogen and oxygen atoms in total. The molecule has 0 aromatic heterocycles. The van der Waals surface area contributed by atoms with E-state index in [0.29, 0.717) is 26.0 Å². The number of ether oxygens (including phenoxy) is 1. The summed E-state index contributed by atoms with van der Waals surface area (Å²) in [5.74, 6) is 0.681. The number of nitrogens with one attached hydrogen (secondary N) is 1. The van der Waals surface area contributed by atoms with Gasteiger partial charge in [-0.05, 0) is 61.4 Å². The third-order valence-electron chi connectivity index (χ3n) is 5.44. The van der Waals surface area contributed by atoms with E-state index in [1.807, 2.05) is 55.5 Å². The predicted molar refractivity (Wildman–Crippen MR) is 103 cm³/mol. The first-order valence-electron chi connectivity index (χ1n) is 9.52. The van der Waals surface area contributed by atoms with Crippen molar-refractivity contribution in [1.29, 1.82) is 0 Å². The van der Waals surface area contributed by atoms with E-state index in [1.54, 1.807) is 0 Å². The van der Waals surface area contributed by atoms with Crippen molar-refractivity contribution >= 4 is 11.9 Å². The molecule has 1 saturated heterocycles. The van der Waals surface area contributed by atoms with Crippen LogP contribution in [0.4, 0.5) is 4.79 Å². The molecule has 0 radical (unpaired) electrons. The SMILES string of the molecule is Cc1cccc(OCCCN2C(=O)NC3(CCCc4ccccc43)C2=O)c1. The molecule has 1 heterocycles. The summed E-state index contributed by atoms with van der Waals surface area (Å²) < 4.78 is 5.74. The van der Waals surface area contributed by atoms with Crippen LogP contribution in [-0.4, -0.2) is 30.0 Å². The van der Waals surface area contributed by atoms with Crippen molar-refractivity contribution < 1.29 is 14.3 Å². The van der Waals surface area contributed by atoms with Gasteiger partial charge in [0.2, 0.25) is 0 Å². The Labute approximate surface area is 159 Å². The number of hydrogen-bond acceptors (Lipinski definition) is 3. The van der Waals surface area contributed by atoms with Gasteiger partial charge in [0.05, 0.1) is 6.61 Å². The molecule has 1 aliphatic heterocycles. The van der Waals surface area contributed by atoms with Gasteiger partial charge in [-0.3, -0.25) is 9.69 Å². The fourth-order valence-electron chi connectivity index (χ4n) is 4.13. The lowest BCUT2D eigenvalue weighted by Gasteiger charge is -2.33. The van der Waals surface area contributed by atoms with Crippen LogP contribution in [0, 0.1) is 6.92 Å². The van der Waals surface area contributed by atoms with Crippen molar-refractivity contribution in [3.8, 4) is 5.75 Å². The van der Waals surface area contributed by atoms with Crippen molar-refractivity contribution in [3.05, 3.63) is 65.2 Å². The highest BCUT2D eigenvalue weighted by Gasteiger charge is 2.53. The molecular weight excluding hydrogens is 340 g/mol. The summed E-state index contributed by atoms with van der Waals surface area (Å²) in [6.45, 7) is 2.84. The first-order chi connectivity index (χ1) is 13.1. The number of fused-ring (bicyclic) bond motifs is 2. The average Bonchev–Trinajstić information content (AvgIpc) is 2.90. The highest BCUT2D eigenvalue weighted by Crippen LogP contribution is 2.39. The Balaban J connectivity index is 1.42. The minimum Gasteiger partial charge on any atom is -0.494 e. The van der Waals surface area contributed by atoms with Gasteiger partial charge < -0.3 is 10.1 Å². The first kappa shape index (κ1) is 17.6. The Kier molecular flexibility index (Phi) is 4.60. The number of nitrogens with zero attached hydrogens (tertiary/aromatic N) is 1. The van der Waals surface area contributed by atoms with Crippen molar-refractivity contribution in [2.75, 3.05) is 13.2 Å².